The van der Waals surface area contributed by atoms with Gasteiger partial charge in [-0.15, -0.1) is 0 Å². The molecule has 0 fully saturated rings. The lowest BCUT2D eigenvalue weighted by atomic mass is 10.1. The molecule has 0 unspecified atom stereocenters. The summed E-state index contributed by atoms with van der Waals surface area (Å²) in [6.07, 6.45) is 0. The SMILES string of the molecule is CC(=NO)c1ccc(Sc2ccccc2)cc1. The monoisotopic (exact) mass is 243 g/mol. The third kappa shape index (κ3) is 3.11. The Morgan fingerprint density at radius 2 is 1.53 bits per heavy atom. The van der Waals surface area contributed by atoms with Crippen molar-refractivity contribution in [1.82, 2.24) is 0 Å². The molecule has 0 radical (unpaired) electrons. The second-order valence-corrected chi connectivity index (χ2v) is 4.77. The number of oxime groups is 1. The first-order valence-corrected chi connectivity index (χ1v) is 6.13. The second-order valence-electron chi connectivity index (χ2n) is 3.62. The maximum absolute atomic E-state index is 8.68. The first-order valence-electron chi connectivity index (χ1n) is 5.31. The molecule has 0 heterocycles. The number of rotatable bonds is 3. The molecule has 0 aliphatic carbocycles. The third-order valence-electron chi connectivity index (χ3n) is 2.40. The highest BCUT2D eigenvalue weighted by Gasteiger charge is 1.99. The summed E-state index contributed by atoms with van der Waals surface area (Å²) in [4.78, 5) is 2.39. The summed E-state index contributed by atoms with van der Waals surface area (Å²) in [5, 5.41) is 11.9. The quantitative estimate of drug-likeness (QED) is 0.501. The first-order chi connectivity index (χ1) is 8.29. The summed E-state index contributed by atoms with van der Waals surface area (Å²) in [5.41, 5.74) is 1.56. The minimum Gasteiger partial charge on any atom is -0.411 e. The molecule has 0 saturated heterocycles. The van der Waals surface area contributed by atoms with Crippen molar-refractivity contribution in [3.8, 4) is 0 Å². The van der Waals surface area contributed by atoms with Crippen molar-refractivity contribution in [2.45, 2.75) is 16.7 Å². The lowest BCUT2D eigenvalue weighted by Crippen LogP contribution is -1.93. The van der Waals surface area contributed by atoms with Gasteiger partial charge in [-0.2, -0.15) is 0 Å². The van der Waals surface area contributed by atoms with E-state index in [4.69, 9.17) is 5.21 Å². The van der Waals surface area contributed by atoms with Gasteiger partial charge in [0.25, 0.3) is 0 Å². The van der Waals surface area contributed by atoms with Crippen LogP contribution in [0.3, 0.4) is 0 Å². The van der Waals surface area contributed by atoms with Gasteiger partial charge in [-0.25, -0.2) is 0 Å². The van der Waals surface area contributed by atoms with Gasteiger partial charge in [0, 0.05) is 9.79 Å². The number of hydrogen-bond acceptors (Lipinski definition) is 3. The second kappa shape index (κ2) is 5.55. The Hall–Kier alpha value is -1.74. The fraction of sp³-hybridized carbons (Fsp3) is 0.0714. The van der Waals surface area contributed by atoms with Crippen LogP contribution in [0.25, 0.3) is 0 Å². The smallest absolute Gasteiger partial charge is 0.0836 e. The van der Waals surface area contributed by atoms with Gasteiger partial charge in [-0.1, -0.05) is 47.2 Å². The summed E-state index contributed by atoms with van der Waals surface area (Å²) < 4.78 is 0. The lowest BCUT2D eigenvalue weighted by molar-refractivity contribution is 0.319. The largest absolute Gasteiger partial charge is 0.411 e. The molecule has 0 aliphatic heterocycles. The molecule has 3 heteroatoms. The third-order valence-corrected chi connectivity index (χ3v) is 3.42. The molecule has 2 nitrogen and oxygen atoms in total. The van der Waals surface area contributed by atoms with E-state index in [2.05, 4.69) is 17.3 Å². The Morgan fingerprint density at radius 3 is 2.12 bits per heavy atom. The van der Waals surface area contributed by atoms with Gasteiger partial charge < -0.3 is 5.21 Å². The fourth-order valence-corrected chi connectivity index (χ4v) is 2.28. The minimum atomic E-state index is 0.626. The minimum absolute atomic E-state index is 0.626. The zero-order valence-corrected chi connectivity index (χ0v) is 10.3. The van der Waals surface area contributed by atoms with E-state index in [-0.39, 0.29) is 0 Å². The molecule has 0 saturated carbocycles. The maximum Gasteiger partial charge on any atom is 0.0836 e. The van der Waals surface area contributed by atoms with Crippen molar-refractivity contribution in [3.63, 3.8) is 0 Å². The standard InChI is InChI=1S/C14H13NOS/c1-11(15-16)12-7-9-14(10-8-12)17-13-5-3-2-4-6-13/h2-10,16H,1H3. The summed E-state index contributed by atoms with van der Waals surface area (Å²) in [5.74, 6) is 0. The highest BCUT2D eigenvalue weighted by Crippen LogP contribution is 2.27. The van der Waals surface area contributed by atoms with E-state index in [9.17, 15) is 0 Å². The van der Waals surface area contributed by atoms with E-state index < -0.39 is 0 Å². The van der Waals surface area contributed by atoms with E-state index in [0.29, 0.717) is 5.71 Å². The predicted octanol–water partition coefficient (Wildman–Crippen LogP) is 4.04. The highest BCUT2D eigenvalue weighted by molar-refractivity contribution is 7.99. The van der Waals surface area contributed by atoms with Crippen molar-refractivity contribution in [1.29, 1.82) is 0 Å². The van der Waals surface area contributed by atoms with Crippen LogP contribution in [0.4, 0.5) is 0 Å². The van der Waals surface area contributed by atoms with Crippen LogP contribution < -0.4 is 0 Å². The Morgan fingerprint density at radius 1 is 0.941 bits per heavy atom. The van der Waals surface area contributed by atoms with Crippen LogP contribution in [-0.4, -0.2) is 10.9 Å². The Labute approximate surface area is 105 Å². The van der Waals surface area contributed by atoms with Crippen molar-refractivity contribution in [2.24, 2.45) is 5.16 Å². The molecule has 0 spiro atoms. The van der Waals surface area contributed by atoms with E-state index in [0.717, 1.165) is 5.56 Å². The lowest BCUT2D eigenvalue weighted by Gasteiger charge is -2.03. The van der Waals surface area contributed by atoms with Crippen LogP contribution in [0.2, 0.25) is 0 Å². The van der Waals surface area contributed by atoms with Crippen LogP contribution in [0.5, 0.6) is 0 Å². The first kappa shape index (κ1) is 11.7. The number of benzene rings is 2. The van der Waals surface area contributed by atoms with Crippen LogP contribution in [0.1, 0.15) is 12.5 Å². The summed E-state index contributed by atoms with van der Waals surface area (Å²) in [6, 6.07) is 18.2. The molecule has 0 atom stereocenters. The molecule has 0 amide bonds. The highest BCUT2D eigenvalue weighted by atomic mass is 32.2. The number of nitrogens with zero attached hydrogens (tertiary/aromatic N) is 1. The van der Waals surface area contributed by atoms with Crippen molar-refractivity contribution >= 4 is 17.5 Å². The van der Waals surface area contributed by atoms with Gasteiger partial charge in [0.15, 0.2) is 0 Å². The Bertz CT molecular complexity index is 506. The number of hydrogen-bond donors (Lipinski definition) is 1. The van der Waals surface area contributed by atoms with Gasteiger partial charge in [0.2, 0.25) is 0 Å². The zero-order chi connectivity index (χ0) is 12.1. The summed E-state index contributed by atoms with van der Waals surface area (Å²) in [6.45, 7) is 1.78. The molecule has 2 aromatic rings. The average Bonchev–Trinajstić information content (AvgIpc) is 2.40. The summed E-state index contributed by atoms with van der Waals surface area (Å²) in [7, 11) is 0. The predicted molar refractivity (Wildman–Crippen MR) is 71.0 cm³/mol. The molecular formula is C14H13NOS. The van der Waals surface area contributed by atoms with Crippen molar-refractivity contribution < 1.29 is 5.21 Å². The molecule has 0 aliphatic rings. The van der Waals surface area contributed by atoms with Crippen molar-refractivity contribution in [3.05, 3.63) is 60.2 Å². The van der Waals surface area contributed by atoms with E-state index in [1.807, 2.05) is 42.5 Å². The van der Waals surface area contributed by atoms with Gasteiger partial charge in [-0.05, 0) is 36.8 Å². The molecule has 0 bridgehead atoms. The molecule has 2 rings (SSSR count). The Balaban J connectivity index is 2.14. The molecule has 17 heavy (non-hydrogen) atoms. The van der Waals surface area contributed by atoms with Gasteiger partial charge >= 0.3 is 0 Å². The molecule has 0 aromatic heterocycles. The molecule has 2 aromatic carbocycles. The molecule has 1 N–H and O–H groups in total. The van der Waals surface area contributed by atoms with Gasteiger partial charge in [0.1, 0.15) is 0 Å². The van der Waals surface area contributed by atoms with Crippen LogP contribution >= 0.6 is 11.8 Å². The normalized spacial score (nSPS) is 11.5. The van der Waals surface area contributed by atoms with E-state index in [1.54, 1.807) is 18.7 Å². The average molecular weight is 243 g/mol. The van der Waals surface area contributed by atoms with Crippen LogP contribution in [0.15, 0.2) is 69.5 Å². The van der Waals surface area contributed by atoms with Crippen LogP contribution in [0, 0.1) is 0 Å². The zero-order valence-electron chi connectivity index (χ0n) is 9.50. The van der Waals surface area contributed by atoms with E-state index >= 15 is 0 Å². The Kier molecular flexibility index (Phi) is 3.83. The van der Waals surface area contributed by atoms with Gasteiger partial charge in [-0.3, -0.25) is 0 Å². The van der Waals surface area contributed by atoms with E-state index in [1.165, 1.54) is 9.79 Å². The summed E-state index contributed by atoms with van der Waals surface area (Å²) >= 11 is 1.71. The molecule has 86 valence electrons. The van der Waals surface area contributed by atoms with Crippen molar-refractivity contribution in [2.75, 3.05) is 0 Å². The van der Waals surface area contributed by atoms with Gasteiger partial charge in [0.05, 0.1) is 5.71 Å². The fourth-order valence-electron chi connectivity index (χ4n) is 1.45. The van der Waals surface area contributed by atoms with Crippen LogP contribution in [-0.2, 0) is 0 Å². The topological polar surface area (TPSA) is 32.6 Å². The molecular weight excluding hydrogens is 230 g/mol. The maximum atomic E-state index is 8.68.